The van der Waals surface area contributed by atoms with E-state index in [1.54, 1.807) is 0 Å². The number of para-hydroxylation sites is 3. The molecule has 4 heterocycles. The molecule has 2 N–H and O–H groups in total. The van der Waals surface area contributed by atoms with Gasteiger partial charge in [-0.2, -0.15) is 0 Å². The second-order valence-electron chi connectivity index (χ2n) is 12.9. The summed E-state index contributed by atoms with van der Waals surface area (Å²) in [6, 6.07) is 42.9. The van der Waals surface area contributed by atoms with Crippen LogP contribution in [0.4, 0.5) is 0 Å². The lowest BCUT2D eigenvalue weighted by Crippen LogP contribution is -2.43. The van der Waals surface area contributed by atoms with Crippen LogP contribution < -0.4 is 10.6 Å². The van der Waals surface area contributed by atoms with Crippen LogP contribution in [0, 0.1) is 0 Å². The third kappa shape index (κ3) is 4.62. The van der Waals surface area contributed by atoms with Gasteiger partial charge in [-0.3, -0.25) is 0 Å². The molecule has 2 unspecified atom stereocenters. The molecule has 0 spiro atoms. The molecule has 0 amide bonds. The molecule has 2 aliphatic heterocycles. The van der Waals surface area contributed by atoms with Crippen LogP contribution in [0.15, 0.2) is 172 Å². The first-order valence-electron chi connectivity index (χ1n) is 17.2. The number of nitrogens with one attached hydrogen (secondary N) is 2. The number of fused-ring (bicyclic) bond motifs is 6. The molecule has 7 aromatic rings. The average molecular weight is 648 g/mol. The van der Waals surface area contributed by atoms with Crippen LogP contribution in [0.5, 0.6) is 0 Å². The van der Waals surface area contributed by atoms with Crippen LogP contribution in [-0.4, -0.2) is 33.2 Å². The summed E-state index contributed by atoms with van der Waals surface area (Å²) < 4.78 is 4.69. The van der Waals surface area contributed by atoms with E-state index in [0.717, 1.165) is 58.0 Å². The molecule has 50 heavy (non-hydrogen) atoms. The Labute approximate surface area is 289 Å². The van der Waals surface area contributed by atoms with Gasteiger partial charge in [0.2, 0.25) is 6.29 Å². The van der Waals surface area contributed by atoms with Crippen LogP contribution in [-0.2, 0) is 0 Å². The highest BCUT2D eigenvalue weighted by atomic mass is 15.3. The molecule has 1 aliphatic carbocycles. The average Bonchev–Trinajstić information content (AvgIpc) is 3.70. The van der Waals surface area contributed by atoms with E-state index in [2.05, 4.69) is 141 Å². The normalized spacial score (nSPS) is 18.9. The SMILES string of the molecule is C1=CCCC(C2N=C(C3=CC=NC(n4c5ccccc5c5cc6c7ccccc7n(-c7ccccc7)c6cc54)N3)NC(c3ccccc3)=N2)=C1. The van der Waals surface area contributed by atoms with Crippen molar-refractivity contribution in [3.8, 4) is 5.69 Å². The minimum atomic E-state index is -0.400. The summed E-state index contributed by atoms with van der Waals surface area (Å²) in [5.41, 5.74) is 8.81. The first-order chi connectivity index (χ1) is 24.8. The smallest absolute Gasteiger partial charge is 0.200 e. The fraction of sp³-hybridized carbons (Fsp3) is 0.0930. The first-order valence-corrected chi connectivity index (χ1v) is 17.2. The number of allylic oxidation sites excluding steroid dienone is 4. The maximum atomic E-state index is 5.17. The van der Waals surface area contributed by atoms with Gasteiger partial charge >= 0.3 is 0 Å². The number of benzene rings is 5. The second kappa shape index (κ2) is 11.6. The zero-order chi connectivity index (χ0) is 33.0. The number of aliphatic imine (C=N–C) groups is 3. The summed E-state index contributed by atoms with van der Waals surface area (Å²) in [6.45, 7) is 0. The molecule has 0 bridgehead atoms. The highest BCUT2D eigenvalue weighted by molar-refractivity contribution is 6.19. The fourth-order valence-corrected chi connectivity index (χ4v) is 7.61. The summed E-state index contributed by atoms with van der Waals surface area (Å²) in [5, 5.41) is 12.2. The Morgan fingerprint density at radius 3 is 2.12 bits per heavy atom. The van der Waals surface area contributed by atoms with Gasteiger partial charge in [0, 0.05) is 39.0 Å². The maximum Gasteiger partial charge on any atom is 0.200 e. The van der Waals surface area contributed by atoms with Crippen molar-refractivity contribution in [2.75, 3.05) is 0 Å². The van der Waals surface area contributed by atoms with Crippen LogP contribution >= 0.6 is 0 Å². The van der Waals surface area contributed by atoms with Gasteiger partial charge in [-0.15, -0.1) is 0 Å². The third-order valence-corrected chi connectivity index (χ3v) is 9.94. The summed E-state index contributed by atoms with van der Waals surface area (Å²) in [7, 11) is 0. The van der Waals surface area contributed by atoms with Crippen molar-refractivity contribution in [1.82, 2.24) is 19.8 Å². The number of nitrogens with zero attached hydrogens (tertiary/aromatic N) is 5. The van der Waals surface area contributed by atoms with E-state index in [4.69, 9.17) is 15.0 Å². The summed E-state index contributed by atoms with van der Waals surface area (Å²) in [4.78, 5) is 15.3. The van der Waals surface area contributed by atoms with Gasteiger partial charge in [0.1, 0.15) is 5.84 Å². The molecule has 0 saturated carbocycles. The molecule has 240 valence electrons. The minimum Gasteiger partial charge on any atom is -0.343 e. The van der Waals surface area contributed by atoms with Crippen molar-refractivity contribution < 1.29 is 0 Å². The first kappa shape index (κ1) is 28.5. The van der Waals surface area contributed by atoms with Crippen molar-refractivity contribution >= 4 is 61.5 Å². The highest BCUT2D eigenvalue weighted by Crippen LogP contribution is 2.39. The number of hydrogen-bond donors (Lipinski definition) is 2. The van der Waals surface area contributed by atoms with Crippen LogP contribution in [0.1, 0.15) is 24.7 Å². The second-order valence-corrected chi connectivity index (χ2v) is 12.9. The zero-order valence-electron chi connectivity index (χ0n) is 27.2. The Kier molecular flexibility index (Phi) is 6.62. The van der Waals surface area contributed by atoms with Crippen molar-refractivity contribution in [3.05, 3.63) is 162 Å². The Bertz CT molecular complexity index is 2650. The van der Waals surface area contributed by atoms with Crippen molar-refractivity contribution in [1.29, 1.82) is 0 Å². The van der Waals surface area contributed by atoms with Crippen LogP contribution in [0.2, 0.25) is 0 Å². The molecule has 5 aromatic carbocycles. The largest absolute Gasteiger partial charge is 0.343 e. The summed E-state index contributed by atoms with van der Waals surface area (Å²) in [5.74, 6) is 1.56. The lowest BCUT2D eigenvalue weighted by molar-refractivity contribution is 0.491. The monoisotopic (exact) mass is 647 g/mol. The van der Waals surface area contributed by atoms with Crippen LogP contribution in [0.25, 0.3) is 49.3 Å². The van der Waals surface area contributed by atoms with E-state index < -0.39 is 6.29 Å². The van der Waals surface area contributed by atoms with Gasteiger partial charge in [-0.25, -0.2) is 15.0 Å². The van der Waals surface area contributed by atoms with Crippen molar-refractivity contribution in [3.63, 3.8) is 0 Å². The molecule has 0 fully saturated rings. The van der Waals surface area contributed by atoms with Crippen molar-refractivity contribution in [2.24, 2.45) is 15.0 Å². The molecule has 2 aromatic heterocycles. The topological polar surface area (TPSA) is 71.0 Å². The van der Waals surface area contributed by atoms with E-state index in [-0.39, 0.29) is 6.17 Å². The van der Waals surface area contributed by atoms with Gasteiger partial charge in [0.05, 0.1) is 27.8 Å². The Hall–Kier alpha value is -6.47. The Morgan fingerprint density at radius 1 is 0.620 bits per heavy atom. The van der Waals surface area contributed by atoms with Gasteiger partial charge < -0.3 is 19.8 Å². The fourth-order valence-electron chi connectivity index (χ4n) is 7.61. The lowest BCUT2D eigenvalue weighted by atomic mass is 10.0. The standard InChI is InChI=1S/C43H33N7/c1-4-14-28(15-5-1)40-46-41(29-16-6-2-7-17-29)48-42(47-40)35-24-25-44-43(45-35)50-37-23-13-11-21-32(37)34-26-33-31-20-10-12-22-36(31)49(38(33)27-39(34)50)30-18-8-3-9-19-30/h1-6,8-16,18-27,41,43,45H,7,17H2,(H,46,47,48). The number of aromatic nitrogens is 2. The molecular weight excluding hydrogens is 615 g/mol. The van der Waals surface area contributed by atoms with Gasteiger partial charge in [0.25, 0.3) is 0 Å². The van der Waals surface area contributed by atoms with E-state index in [9.17, 15) is 0 Å². The molecule has 7 nitrogen and oxygen atoms in total. The number of rotatable bonds is 5. The molecule has 7 heteroatoms. The van der Waals surface area contributed by atoms with Crippen LogP contribution in [0.3, 0.4) is 0 Å². The predicted molar refractivity (Wildman–Crippen MR) is 206 cm³/mol. The maximum absolute atomic E-state index is 5.17. The Balaban J connectivity index is 1.11. The minimum absolute atomic E-state index is 0.298. The highest BCUT2D eigenvalue weighted by Gasteiger charge is 2.27. The molecular formula is C43H33N7. The molecule has 10 rings (SSSR count). The number of hydrogen-bond acceptors (Lipinski definition) is 5. The lowest BCUT2D eigenvalue weighted by Gasteiger charge is -2.29. The predicted octanol–water partition coefficient (Wildman–Crippen LogP) is 8.96. The van der Waals surface area contributed by atoms with E-state index in [1.807, 2.05) is 30.5 Å². The van der Waals surface area contributed by atoms with E-state index >= 15 is 0 Å². The van der Waals surface area contributed by atoms with E-state index in [0.29, 0.717) is 0 Å². The zero-order valence-corrected chi connectivity index (χ0v) is 27.2. The molecule has 0 saturated heterocycles. The quantitative estimate of drug-likeness (QED) is 0.196. The third-order valence-electron chi connectivity index (χ3n) is 9.94. The molecule has 3 aliphatic rings. The van der Waals surface area contributed by atoms with E-state index in [1.165, 1.54) is 32.6 Å². The van der Waals surface area contributed by atoms with Crippen molar-refractivity contribution in [2.45, 2.75) is 25.3 Å². The summed E-state index contributed by atoms with van der Waals surface area (Å²) >= 11 is 0. The molecule has 2 atom stereocenters. The molecule has 0 radical (unpaired) electrons. The van der Waals surface area contributed by atoms with Gasteiger partial charge in [-0.1, -0.05) is 103 Å². The Morgan fingerprint density at radius 2 is 1.32 bits per heavy atom. The summed E-state index contributed by atoms with van der Waals surface area (Å²) in [6.07, 6.45) is 11.6. The van der Waals surface area contributed by atoms with Gasteiger partial charge in [0.15, 0.2) is 12.0 Å². The number of amidine groups is 2. The van der Waals surface area contributed by atoms with Gasteiger partial charge in [-0.05, 0) is 60.9 Å².